The molecule has 0 aliphatic carbocycles. The lowest BCUT2D eigenvalue weighted by Gasteiger charge is -2.13. The van der Waals surface area contributed by atoms with Crippen molar-refractivity contribution in [2.45, 2.75) is 26.2 Å². The van der Waals surface area contributed by atoms with E-state index < -0.39 is 0 Å². The molecule has 1 aliphatic heterocycles. The van der Waals surface area contributed by atoms with Gasteiger partial charge in [-0.2, -0.15) is 0 Å². The molecule has 1 aromatic carbocycles. The van der Waals surface area contributed by atoms with Crippen molar-refractivity contribution in [1.29, 1.82) is 0 Å². The molecule has 0 saturated carbocycles. The van der Waals surface area contributed by atoms with Crippen LogP contribution in [0.2, 0.25) is 0 Å². The van der Waals surface area contributed by atoms with Crippen molar-refractivity contribution >= 4 is 17.5 Å². The predicted molar refractivity (Wildman–Crippen MR) is 70.9 cm³/mol. The molecule has 4 heteroatoms. The first kappa shape index (κ1) is 12.6. The van der Waals surface area contributed by atoms with Crippen LogP contribution in [0, 0.1) is 0 Å². The highest BCUT2D eigenvalue weighted by atomic mass is 16.2. The zero-order valence-corrected chi connectivity index (χ0v) is 10.8. The van der Waals surface area contributed by atoms with Crippen molar-refractivity contribution in [3.8, 4) is 0 Å². The molecule has 0 radical (unpaired) electrons. The molecule has 1 N–H and O–H groups in total. The quantitative estimate of drug-likeness (QED) is 0.641. The number of hydrogen-bond donors (Lipinski definition) is 1. The Bertz CT molecular complexity index is 483. The molecule has 1 heterocycles. The SMILES string of the molecule is CCCCCN1C(=O)c2cccc(NC)c2C1=O. The molecule has 1 aliphatic rings. The van der Waals surface area contributed by atoms with Gasteiger partial charge >= 0.3 is 0 Å². The maximum atomic E-state index is 12.2. The molecule has 0 unspecified atom stereocenters. The molecule has 0 fully saturated rings. The second-order valence-corrected chi connectivity index (χ2v) is 4.45. The molecular weight excluding hydrogens is 228 g/mol. The summed E-state index contributed by atoms with van der Waals surface area (Å²) in [6.07, 6.45) is 2.98. The molecule has 0 spiro atoms. The number of carbonyl (C=O) groups excluding carboxylic acids is 2. The maximum absolute atomic E-state index is 12.2. The van der Waals surface area contributed by atoms with Gasteiger partial charge in [0.2, 0.25) is 0 Å². The van der Waals surface area contributed by atoms with E-state index in [2.05, 4.69) is 12.2 Å². The Morgan fingerprint density at radius 2 is 1.94 bits per heavy atom. The van der Waals surface area contributed by atoms with Crippen molar-refractivity contribution in [2.75, 3.05) is 18.9 Å². The van der Waals surface area contributed by atoms with Gasteiger partial charge < -0.3 is 5.32 Å². The van der Waals surface area contributed by atoms with Crippen LogP contribution in [-0.2, 0) is 0 Å². The third-order valence-corrected chi connectivity index (χ3v) is 3.25. The van der Waals surface area contributed by atoms with Gasteiger partial charge in [-0.15, -0.1) is 0 Å². The minimum Gasteiger partial charge on any atom is -0.387 e. The molecule has 0 bridgehead atoms. The van der Waals surface area contributed by atoms with Crippen molar-refractivity contribution in [2.24, 2.45) is 0 Å². The summed E-state index contributed by atoms with van der Waals surface area (Å²) in [4.78, 5) is 25.8. The van der Waals surface area contributed by atoms with E-state index in [0.29, 0.717) is 17.7 Å². The van der Waals surface area contributed by atoms with Crippen LogP contribution in [0.15, 0.2) is 18.2 Å². The molecule has 0 aromatic heterocycles. The highest BCUT2D eigenvalue weighted by Gasteiger charge is 2.36. The van der Waals surface area contributed by atoms with E-state index in [1.807, 2.05) is 6.07 Å². The lowest BCUT2D eigenvalue weighted by Crippen LogP contribution is -2.30. The molecule has 0 atom stereocenters. The minimum atomic E-state index is -0.170. The van der Waals surface area contributed by atoms with Crippen LogP contribution in [0.3, 0.4) is 0 Å². The Balaban J connectivity index is 2.26. The topological polar surface area (TPSA) is 49.4 Å². The number of anilines is 1. The maximum Gasteiger partial charge on any atom is 0.263 e. The first-order valence-corrected chi connectivity index (χ1v) is 6.37. The van der Waals surface area contributed by atoms with Crippen molar-refractivity contribution in [3.63, 3.8) is 0 Å². The average Bonchev–Trinajstić information content (AvgIpc) is 2.64. The summed E-state index contributed by atoms with van der Waals surface area (Å²) >= 11 is 0. The summed E-state index contributed by atoms with van der Waals surface area (Å²) in [7, 11) is 1.76. The third-order valence-electron chi connectivity index (χ3n) is 3.25. The van der Waals surface area contributed by atoms with Gasteiger partial charge in [0, 0.05) is 19.3 Å². The van der Waals surface area contributed by atoms with Crippen LogP contribution in [0.25, 0.3) is 0 Å². The zero-order chi connectivity index (χ0) is 13.1. The Labute approximate surface area is 107 Å². The fourth-order valence-electron chi connectivity index (χ4n) is 2.26. The minimum absolute atomic E-state index is 0.164. The van der Waals surface area contributed by atoms with E-state index in [4.69, 9.17) is 0 Å². The van der Waals surface area contributed by atoms with Crippen LogP contribution in [0.5, 0.6) is 0 Å². The van der Waals surface area contributed by atoms with E-state index in [1.165, 1.54) is 4.90 Å². The lowest BCUT2D eigenvalue weighted by atomic mass is 10.1. The van der Waals surface area contributed by atoms with Gasteiger partial charge in [0.15, 0.2) is 0 Å². The molecule has 2 rings (SSSR count). The Morgan fingerprint density at radius 1 is 1.17 bits per heavy atom. The Morgan fingerprint density at radius 3 is 2.61 bits per heavy atom. The van der Waals surface area contributed by atoms with Gasteiger partial charge in [0.1, 0.15) is 0 Å². The zero-order valence-electron chi connectivity index (χ0n) is 10.8. The predicted octanol–water partition coefficient (Wildman–Crippen LogP) is 2.51. The van der Waals surface area contributed by atoms with Gasteiger partial charge in [0.25, 0.3) is 11.8 Å². The number of nitrogens with zero attached hydrogens (tertiary/aromatic N) is 1. The summed E-state index contributed by atoms with van der Waals surface area (Å²) in [5, 5.41) is 2.97. The second kappa shape index (κ2) is 5.21. The molecule has 4 nitrogen and oxygen atoms in total. The number of carbonyl (C=O) groups is 2. The van der Waals surface area contributed by atoms with E-state index in [9.17, 15) is 9.59 Å². The number of rotatable bonds is 5. The number of amides is 2. The molecule has 2 amide bonds. The fourth-order valence-corrected chi connectivity index (χ4v) is 2.26. The largest absolute Gasteiger partial charge is 0.387 e. The molecular formula is C14H18N2O2. The normalized spacial score (nSPS) is 14.0. The van der Waals surface area contributed by atoms with Crippen LogP contribution < -0.4 is 5.32 Å². The first-order valence-electron chi connectivity index (χ1n) is 6.37. The van der Waals surface area contributed by atoms with Crippen LogP contribution in [-0.4, -0.2) is 30.3 Å². The number of fused-ring (bicyclic) bond motifs is 1. The van der Waals surface area contributed by atoms with Crippen LogP contribution in [0.1, 0.15) is 46.9 Å². The summed E-state index contributed by atoms with van der Waals surface area (Å²) < 4.78 is 0. The lowest BCUT2D eigenvalue weighted by molar-refractivity contribution is 0.0652. The van der Waals surface area contributed by atoms with E-state index in [-0.39, 0.29) is 11.8 Å². The standard InChI is InChI=1S/C14H18N2O2/c1-3-4-5-9-16-13(17)10-7-6-8-11(15-2)12(10)14(16)18/h6-8,15H,3-5,9H2,1-2H3. The van der Waals surface area contributed by atoms with Gasteiger partial charge in [-0.05, 0) is 18.6 Å². The van der Waals surface area contributed by atoms with E-state index >= 15 is 0 Å². The van der Waals surface area contributed by atoms with Gasteiger partial charge in [-0.25, -0.2) is 0 Å². The van der Waals surface area contributed by atoms with Crippen LogP contribution >= 0.6 is 0 Å². The van der Waals surface area contributed by atoms with Crippen molar-refractivity contribution < 1.29 is 9.59 Å². The van der Waals surface area contributed by atoms with Gasteiger partial charge in [0.05, 0.1) is 11.1 Å². The highest BCUT2D eigenvalue weighted by molar-refractivity contribution is 6.23. The average molecular weight is 246 g/mol. The van der Waals surface area contributed by atoms with E-state index in [0.717, 1.165) is 24.9 Å². The number of benzene rings is 1. The number of nitrogens with one attached hydrogen (secondary N) is 1. The Kier molecular flexibility index (Phi) is 3.65. The monoisotopic (exact) mass is 246 g/mol. The first-order chi connectivity index (χ1) is 8.70. The van der Waals surface area contributed by atoms with Crippen molar-refractivity contribution in [1.82, 2.24) is 4.90 Å². The summed E-state index contributed by atoms with van der Waals surface area (Å²) in [5.41, 5.74) is 1.76. The highest BCUT2D eigenvalue weighted by Crippen LogP contribution is 2.29. The molecule has 96 valence electrons. The number of imide groups is 1. The summed E-state index contributed by atoms with van der Waals surface area (Å²) in [6.45, 7) is 2.62. The fraction of sp³-hybridized carbons (Fsp3) is 0.429. The molecule has 18 heavy (non-hydrogen) atoms. The summed E-state index contributed by atoms with van der Waals surface area (Å²) in [6, 6.07) is 5.33. The van der Waals surface area contributed by atoms with Gasteiger partial charge in [-0.3, -0.25) is 14.5 Å². The molecule has 0 saturated heterocycles. The summed E-state index contributed by atoms with van der Waals surface area (Å²) in [5.74, 6) is -0.334. The smallest absolute Gasteiger partial charge is 0.263 e. The van der Waals surface area contributed by atoms with Crippen LogP contribution in [0.4, 0.5) is 5.69 Å². The Hall–Kier alpha value is -1.84. The third kappa shape index (κ3) is 1.98. The molecule has 1 aromatic rings. The second-order valence-electron chi connectivity index (χ2n) is 4.45. The van der Waals surface area contributed by atoms with E-state index in [1.54, 1.807) is 19.2 Å². The number of hydrogen-bond acceptors (Lipinski definition) is 3. The number of unbranched alkanes of at least 4 members (excludes halogenated alkanes) is 2. The van der Waals surface area contributed by atoms with Crippen molar-refractivity contribution in [3.05, 3.63) is 29.3 Å². The van der Waals surface area contributed by atoms with Gasteiger partial charge in [-0.1, -0.05) is 25.8 Å².